The summed E-state index contributed by atoms with van der Waals surface area (Å²) in [4.78, 5) is 3.97. The Morgan fingerprint density at radius 2 is 2.25 bits per heavy atom. The zero-order valence-corrected chi connectivity index (χ0v) is 12.0. The van der Waals surface area contributed by atoms with Crippen molar-refractivity contribution in [1.29, 1.82) is 0 Å². The van der Waals surface area contributed by atoms with Gasteiger partial charge in [0.2, 0.25) is 10.0 Å². The van der Waals surface area contributed by atoms with Crippen LogP contribution >= 0.6 is 0 Å². The van der Waals surface area contributed by atoms with Gasteiger partial charge in [0.25, 0.3) is 0 Å². The molecule has 0 amide bonds. The Morgan fingerprint density at radius 3 is 2.95 bits per heavy atom. The van der Waals surface area contributed by atoms with Crippen LogP contribution in [0.5, 0.6) is 0 Å². The minimum atomic E-state index is -3.72. The van der Waals surface area contributed by atoms with Crippen molar-refractivity contribution in [1.82, 2.24) is 9.29 Å². The number of nitrogen functional groups attached to an aromatic ring is 1. The summed E-state index contributed by atoms with van der Waals surface area (Å²) in [6, 6.07) is 2.64. The Morgan fingerprint density at radius 1 is 1.45 bits per heavy atom. The van der Waals surface area contributed by atoms with Gasteiger partial charge < -0.3 is 10.5 Å². The average molecular weight is 300 g/mol. The normalized spacial score (nSPS) is 21.4. The molecule has 1 unspecified atom stereocenters. The van der Waals surface area contributed by atoms with E-state index in [2.05, 4.69) is 10.4 Å². The predicted molar refractivity (Wildman–Crippen MR) is 75.3 cm³/mol. The van der Waals surface area contributed by atoms with Crippen molar-refractivity contribution in [2.45, 2.75) is 36.6 Å². The molecule has 0 aliphatic carbocycles. The fraction of sp³-hybridized carbons (Fsp3) is 0.583. The molecule has 0 aromatic carbocycles. The second-order valence-corrected chi connectivity index (χ2v) is 6.65. The third-order valence-corrected chi connectivity index (χ3v) is 5.51. The van der Waals surface area contributed by atoms with Crippen LogP contribution in [0.3, 0.4) is 0 Å². The van der Waals surface area contributed by atoms with Crippen molar-refractivity contribution in [2.24, 2.45) is 5.84 Å². The maximum Gasteiger partial charge on any atom is 0.247 e. The van der Waals surface area contributed by atoms with Crippen LogP contribution in [0.1, 0.15) is 25.7 Å². The van der Waals surface area contributed by atoms with Crippen LogP contribution in [0.25, 0.3) is 0 Å². The van der Waals surface area contributed by atoms with E-state index in [1.54, 1.807) is 6.07 Å². The number of hydrogen-bond acceptors (Lipinski definition) is 6. The highest BCUT2D eigenvalue weighted by Crippen LogP contribution is 2.27. The number of hydrogen-bond donors (Lipinski definition) is 3. The molecule has 2 heterocycles. The van der Waals surface area contributed by atoms with E-state index >= 15 is 0 Å². The van der Waals surface area contributed by atoms with Crippen LogP contribution in [-0.4, -0.2) is 42.0 Å². The number of nitrogens with zero attached hydrogens (tertiary/aromatic N) is 2. The number of aromatic nitrogens is 1. The molecule has 1 aromatic rings. The van der Waals surface area contributed by atoms with E-state index in [0.29, 0.717) is 13.0 Å². The van der Waals surface area contributed by atoms with Crippen LogP contribution in [0.15, 0.2) is 23.2 Å². The number of sulfonamides is 1. The van der Waals surface area contributed by atoms with Crippen LogP contribution in [0.4, 0.5) is 5.82 Å². The van der Waals surface area contributed by atoms with E-state index in [1.165, 1.54) is 16.6 Å². The molecule has 1 aliphatic rings. The topological polar surface area (TPSA) is 109 Å². The molecule has 1 aromatic heterocycles. The Labute approximate surface area is 118 Å². The van der Waals surface area contributed by atoms with Crippen LogP contribution < -0.4 is 11.3 Å². The van der Waals surface area contributed by atoms with Gasteiger partial charge in [-0.2, -0.15) is 4.31 Å². The first kappa shape index (κ1) is 15.2. The molecule has 4 N–H and O–H groups in total. The van der Waals surface area contributed by atoms with E-state index in [9.17, 15) is 13.5 Å². The number of anilines is 1. The van der Waals surface area contributed by atoms with E-state index in [0.717, 1.165) is 19.3 Å². The average Bonchev–Trinajstić information content (AvgIpc) is 2.72. The van der Waals surface area contributed by atoms with Crippen molar-refractivity contribution in [3.8, 4) is 0 Å². The molecular weight excluding hydrogens is 280 g/mol. The standard InChI is InChI=1S/C12H20N4O3S/c13-15-12-11(6-4-7-14-12)20(18,19)16-8-3-1-2-5-10(16)9-17/h4,6-7,10,17H,1-3,5,8-9,13H2,(H,14,15). The van der Waals surface area contributed by atoms with Crippen molar-refractivity contribution in [3.05, 3.63) is 18.3 Å². The molecule has 112 valence electrons. The maximum atomic E-state index is 12.8. The molecule has 0 radical (unpaired) electrons. The van der Waals surface area contributed by atoms with Crippen molar-refractivity contribution in [3.63, 3.8) is 0 Å². The largest absolute Gasteiger partial charge is 0.395 e. The van der Waals surface area contributed by atoms with Gasteiger partial charge in [-0.05, 0) is 25.0 Å². The van der Waals surface area contributed by atoms with E-state index < -0.39 is 10.0 Å². The first-order chi connectivity index (χ1) is 9.61. The highest BCUT2D eigenvalue weighted by atomic mass is 32.2. The fourth-order valence-electron chi connectivity index (χ4n) is 2.48. The lowest BCUT2D eigenvalue weighted by Crippen LogP contribution is -2.42. The molecule has 20 heavy (non-hydrogen) atoms. The summed E-state index contributed by atoms with van der Waals surface area (Å²) in [5.41, 5.74) is 2.31. The summed E-state index contributed by atoms with van der Waals surface area (Å²) < 4.78 is 26.9. The molecule has 0 spiro atoms. The minimum Gasteiger partial charge on any atom is -0.395 e. The Kier molecular flexibility index (Phi) is 4.92. The molecule has 2 rings (SSSR count). The molecule has 1 saturated heterocycles. The van der Waals surface area contributed by atoms with Gasteiger partial charge in [-0.1, -0.05) is 12.8 Å². The number of hydrazine groups is 1. The maximum absolute atomic E-state index is 12.8. The Hall–Kier alpha value is -1.22. The molecule has 1 atom stereocenters. The van der Waals surface area contributed by atoms with Crippen molar-refractivity contribution in [2.75, 3.05) is 18.6 Å². The number of aliphatic hydroxyl groups excluding tert-OH is 1. The van der Waals surface area contributed by atoms with Crippen LogP contribution in [0, 0.1) is 0 Å². The number of aliphatic hydroxyl groups is 1. The monoisotopic (exact) mass is 300 g/mol. The van der Waals surface area contributed by atoms with Gasteiger partial charge in [0.05, 0.1) is 6.61 Å². The fourth-order valence-corrected chi connectivity index (χ4v) is 4.28. The summed E-state index contributed by atoms with van der Waals surface area (Å²) in [5, 5.41) is 9.46. The minimum absolute atomic E-state index is 0.0443. The van der Waals surface area contributed by atoms with Gasteiger partial charge >= 0.3 is 0 Å². The molecule has 0 saturated carbocycles. The van der Waals surface area contributed by atoms with E-state index in [-0.39, 0.29) is 23.4 Å². The van der Waals surface area contributed by atoms with Gasteiger partial charge in [0, 0.05) is 18.8 Å². The highest BCUT2D eigenvalue weighted by Gasteiger charge is 2.33. The molecule has 1 fully saturated rings. The molecule has 1 aliphatic heterocycles. The second-order valence-electron chi connectivity index (χ2n) is 4.80. The second kappa shape index (κ2) is 6.49. The third kappa shape index (κ3) is 2.93. The molecular formula is C12H20N4O3S. The quantitative estimate of drug-likeness (QED) is 0.545. The van der Waals surface area contributed by atoms with Crippen molar-refractivity contribution >= 4 is 15.8 Å². The number of nitrogens with one attached hydrogen (secondary N) is 1. The van der Waals surface area contributed by atoms with E-state index in [4.69, 9.17) is 5.84 Å². The summed E-state index contributed by atoms with van der Waals surface area (Å²) in [6.45, 7) is 0.233. The lowest BCUT2D eigenvalue weighted by Gasteiger charge is -2.28. The Bertz CT molecular complexity index is 549. The first-order valence-electron chi connectivity index (χ1n) is 6.65. The van der Waals surface area contributed by atoms with Gasteiger partial charge in [0.15, 0.2) is 5.82 Å². The third-order valence-electron chi connectivity index (χ3n) is 3.53. The van der Waals surface area contributed by atoms with E-state index in [1.807, 2.05) is 0 Å². The summed E-state index contributed by atoms with van der Waals surface area (Å²) in [5.74, 6) is 5.45. The zero-order chi connectivity index (χ0) is 14.6. The van der Waals surface area contributed by atoms with Gasteiger partial charge in [-0.3, -0.25) is 0 Å². The summed E-state index contributed by atoms with van der Waals surface area (Å²) in [6.07, 6.45) is 4.83. The van der Waals surface area contributed by atoms with Crippen molar-refractivity contribution < 1.29 is 13.5 Å². The first-order valence-corrected chi connectivity index (χ1v) is 8.09. The Balaban J connectivity index is 2.41. The van der Waals surface area contributed by atoms with Gasteiger partial charge in [-0.25, -0.2) is 19.2 Å². The molecule has 0 bridgehead atoms. The summed E-state index contributed by atoms with van der Waals surface area (Å²) >= 11 is 0. The number of nitrogens with two attached hydrogens (primary N) is 1. The zero-order valence-electron chi connectivity index (χ0n) is 11.2. The number of pyridine rings is 1. The van der Waals surface area contributed by atoms with Crippen LogP contribution in [0.2, 0.25) is 0 Å². The predicted octanol–water partition coefficient (Wildman–Crippen LogP) is 0.293. The molecule has 7 nitrogen and oxygen atoms in total. The summed E-state index contributed by atoms with van der Waals surface area (Å²) in [7, 11) is -3.72. The lowest BCUT2D eigenvalue weighted by atomic mass is 10.1. The highest BCUT2D eigenvalue weighted by molar-refractivity contribution is 7.89. The SMILES string of the molecule is NNc1ncccc1S(=O)(=O)N1CCCCCC1CO. The van der Waals surface area contributed by atoms with Gasteiger partial charge in [-0.15, -0.1) is 0 Å². The number of rotatable bonds is 4. The van der Waals surface area contributed by atoms with Crippen LogP contribution in [-0.2, 0) is 10.0 Å². The lowest BCUT2D eigenvalue weighted by molar-refractivity contribution is 0.186. The smallest absolute Gasteiger partial charge is 0.247 e. The van der Waals surface area contributed by atoms with Gasteiger partial charge in [0.1, 0.15) is 4.90 Å². The molecule has 8 heteroatoms.